The van der Waals surface area contributed by atoms with Gasteiger partial charge in [0.25, 0.3) is 0 Å². The van der Waals surface area contributed by atoms with E-state index in [0.717, 1.165) is 22.3 Å². The number of hydrogen-bond donors (Lipinski definition) is 3. The fourth-order valence-electron chi connectivity index (χ4n) is 3.32. The van der Waals surface area contributed by atoms with Crippen molar-refractivity contribution in [3.63, 3.8) is 0 Å². The third-order valence-corrected chi connectivity index (χ3v) is 5.01. The van der Waals surface area contributed by atoms with Gasteiger partial charge in [-0.1, -0.05) is 48.5 Å². The van der Waals surface area contributed by atoms with Gasteiger partial charge in [0.1, 0.15) is 11.5 Å². The van der Waals surface area contributed by atoms with Crippen LogP contribution in [0.25, 0.3) is 11.1 Å². The van der Waals surface area contributed by atoms with Crippen LogP contribution in [0.15, 0.2) is 66.7 Å². The number of aliphatic hydroxyl groups is 2. The van der Waals surface area contributed by atoms with E-state index < -0.39 is 12.1 Å². The highest BCUT2D eigenvalue weighted by Gasteiger charge is 2.16. The first-order valence-electron chi connectivity index (χ1n) is 10.1. The summed E-state index contributed by atoms with van der Waals surface area (Å²) in [5, 5.41) is 21.4. The number of benzene rings is 3. The normalized spacial score (nSPS) is 11.7. The van der Waals surface area contributed by atoms with Crippen LogP contribution in [0.4, 0.5) is 0 Å². The Labute approximate surface area is 182 Å². The van der Waals surface area contributed by atoms with Crippen LogP contribution in [0.5, 0.6) is 11.5 Å². The van der Waals surface area contributed by atoms with Gasteiger partial charge in [0.05, 0.1) is 25.4 Å². The molecule has 0 amide bonds. The molecule has 0 bridgehead atoms. The van der Waals surface area contributed by atoms with E-state index in [-0.39, 0.29) is 13.2 Å². The Morgan fingerprint density at radius 3 is 2.55 bits per heavy atom. The molecule has 0 fully saturated rings. The third-order valence-electron chi connectivity index (χ3n) is 5.01. The summed E-state index contributed by atoms with van der Waals surface area (Å²) in [7, 11) is 1.54. The van der Waals surface area contributed by atoms with Gasteiger partial charge < -0.3 is 25.0 Å². The van der Waals surface area contributed by atoms with Gasteiger partial charge in [-0.2, -0.15) is 0 Å². The molecule has 0 heterocycles. The smallest absolute Gasteiger partial charge is 0.343 e. The van der Waals surface area contributed by atoms with Gasteiger partial charge in [0.15, 0.2) is 0 Å². The average Bonchev–Trinajstić information content (AvgIpc) is 2.80. The van der Waals surface area contributed by atoms with Crippen LogP contribution in [0.1, 0.15) is 21.5 Å². The fraction of sp³-hybridized carbons (Fsp3) is 0.240. The molecule has 3 N–H and O–H groups in total. The lowest BCUT2D eigenvalue weighted by molar-refractivity contribution is 0.0733. The van der Waals surface area contributed by atoms with Crippen molar-refractivity contribution in [3.8, 4) is 22.6 Å². The second-order valence-corrected chi connectivity index (χ2v) is 7.17. The number of carbonyl (C=O) groups is 1. The molecular formula is C25H27NO5. The zero-order valence-corrected chi connectivity index (χ0v) is 17.7. The molecule has 1 atom stereocenters. The molecule has 0 aliphatic carbocycles. The summed E-state index contributed by atoms with van der Waals surface area (Å²) in [6, 6.07) is 20.7. The first-order valence-corrected chi connectivity index (χ1v) is 10.1. The first kappa shape index (κ1) is 22.5. The lowest BCUT2D eigenvalue weighted by Crippen LogP contribution is -2.29. The molecule has 6 heteroatoms. The molecule has 0 unspecified atom stereocenters. The van der Waals surface area contributed by atoms with Crippen LogP contribution < -0.4 is 14.8 Å². The molecule has 0 saturated carbocycles. The van der Waals surface area contributed by atoms with Gasteiger partial charge in [-0.3, -0.25) is 0 Å². The maximum atomic E-state index is 12.9. The minimum absolute atomic E-state index is 0.257. The van der Waals surface area contributed by atoms with E-state index in [0.29, 0.717) is 23.6 Å². The molecule has 6 nitrogen and oxygen atoms in total. The van der Waals surface area contributed by atoms with E-state index in [1.807, 2.05) is 49.4 Å². The number of ether oxygens (including phenoxy) is 2. The minimum Gasteiger partial charge on any atom is -0.496 e. The molecule has 0 radical (unpaired) electrons. The van der Waals surface area contributed by atoms with E-state index in [4.69, 9.17) is 14.6 Å². The Morgan fingerprint density at radius 2 is 1.84 bits per heavy atom. The van der Waals surface area contributed by atoms with Crippen LogP contribution in [-0.4, -0.2) is 42.5 Å². The molecule has 0 aromatic heterocycles. The van der Waals surface area contributed by atoms with E-state index >= 15 is 0 Å². The molecule has 0 saturated heterocycles. The van der Waals surface area contributed by atoms with Gasteiger partial charge in [-0.25, -0.2) is 4.79 Å². The quantitative estimate of drug-likeness (QED) is 0.363. The second kappa shape index (κ2) is 10.7. The van der Waals surface area contributed by atoms with Crippen LogP contribution >= 0.6 is 0 Å². The van der Waals surface area contributed by atoms with E-state index in [9.17, 15) is 9.90 Å². The number of methoxy groups -OCH3 is 1. The number of esters is 1. The maximum Gasteiger partial charge on any atom is 0.343 e. The number of carbonyl (C=O) groups excluding carboxylic acids is 1. The Morgan fingerprint density at radius 1 is 1.06 bits per heavy atom. The zero-order valence-electron chi connectivity index (χ0n) is 17.7. The molecule has 3 aromatic carbocycles. The van der Waals surface area contributed by atoms with E-state index in [1.165, 1.54) is 0 Å². The molecular weight excluding hydrogens is 394 g/mol. The zero-order chi connectivity index (χ0) is 22.2. The number of rotatable bonds is 9. The fourth-order valence-corrected chi connectivity index (χ4v) is 3.32. The molecule has 3 rings (SSSR count). The van der Waals surface area contributed by atoms with Crippen molar-refractivity contribution in [2.75, 3.05) is 20.3 Å². The van der Waals surface area contributed by atoms with Gasteiger partial charge in [0, 0.05) is 24.7 Å². The van der Waals surface area contributed by atoms with Crippen molar-refractivity contribution in [2.24, 2.45) is 0 Å². The monoisotopic (exact) mass is 421 g/mol. The molecule has 0 aliphatic heterocycles. The van der Waals surface area contributed by atoms with Gasteiger partial charge in [-0.15, -0.1) is 0 Å². The number of hydrogen-bond acceptors (Lipinski definition) is 6. The SMILES string of the molecule is COc1cc(OC(=O)c2cccc(-c3ccccc3)c2C)ccc1CNC[C@@H](O)CO. The lowest BCUT2D eigenvalue weighted by atomic mass is 9.96. The first-order chi connectivity index (χ1) is 15.0. The average molecular weight is 421 g/mol. The van der Waals surface area contributed by atoms with Crippen molar-refractivity contribution in [1.29, 1.82) is 0 Å². The Balaban J connectivity index is 1.75. The van der Waals surface area contributed by atoms with Crippen LogP contribution in [0.2, 0.25) is 0 Å². The predicted molar refractivity (Wildman–Crippen MR) is 119 cm³/mol. The van der Waals surface area contributed by atoms with Gasteiger partial charge >= 0.3 is 5.97 Å². The van der Waals surface area contributed by atoms with E-state index in [2.05, 4.69) is 5.32 Å². The van der Waals surface area contributed by atoms with E-state index in [1.54, 1.807) is 31.4 Å². The molecule has 0 aliphatic rings. The third kappa shape index (κ3) is 5.70. The summed E-state index contributed by atoms with van der Waals surface area (Å²) >= 11 is 0. The Bertz CT molecular complexity index is 1020. The van der Waals surface area contributed by atoms with Crippen molar-refractivity contribution in [3.05, 3.63) is 83.4 Å². The Kier molecular flexibility index (Phi) is 7.78. The Hall–Kier alpha value is -3.19. The summed E-state index contributed by atoms with van der Waals surface area (Å²) in [6.45, 7) is 2.30. The van der Waals surface area contributed by atoms with Gasteiger partial charge in [0.2, 0.25) is 0 Å². The number of nitrogens with one attached hydrogen (secondary N) is 1. The summed E-state index contributed by atoms with van der Waals surface area (Å²) < 4.78 is 11.0. The standard InChI is InChI=1S/C25H27NO5/c1-17-22(18-7-4-3-5-8-18)9-6-10-23(17)25(29)31-21-12-11-19(24(13-21)30-2)14-26-15-20(28)16-27/h3-13,20,26-28H,14-16H2,1-2H3/t20-/m1/s1. The van der Waals surface area contributed by atoms with Crippen molar-refractivity contribution in [1.82, 2.24) is 5.32 Å². The van der Waals surface area contributed by atoms with Crippen LogP contribution in [0, 0.1) is 6.92 Å². The topological polar surface area (TPSA) is 88.0 Å². The summed E-state index contributed by atoms with van der Waals surface area (Å²) in [6.07, 6.45) is -0.818. The number of aliphatic hydroxyl groups excluding tert-OH is 2. The summed E-state index contributed by atoms with van der Waals surface area (Å²) in [5.41, 5.74) is 4.23. The van der Waals surface area contributed by atoms with Crippen LogP contribution in [0.3, 0.4) is 0 Å². The highest BCUT2D eigenvalue weighted by Crippen LogP contribution is 2.28. The molecule has 0 spiro atoms. The van der Waals surface area contributed by atoms with Gasteiger partial charge in [-0.05, 0) is 35.7 Å². The molecule has 3 aromatic rings. The van der Waals surface area contributed by atoms with Crippen molar-refractivity contribution in [2.45, 2.75) is 19.6 Å². The molecule has 162 valence electrons. The van der Waals surface area contributed by atoms with Crippen molar-refractivity contribution < 1.29 is 24.5 Å². The van der Waals surface area contributed by atoms with Crippen molar-refractivity contribution >= 4 is 5.97 Å². The highest BCUT2D eigenvalue weighted by atomic mass is 16.5. The summed E-state index contributed by atoms with van der Waals surface area (Å²) in [4.78, 5) is 12.9. The lowest BCUT2D eigenvalue weighted by Gasteiger charge is -2.14. The largest absolute Gasteiger partial charge is 0.496 e. The molecule has 31 heavy (non-hydrogen) atoms. The second-order valence-electron chi connectivity index (χ2n) is 7.17. The maximum absolute atomic E-state index is 12.9. The van der Waals surface area contributed by atoms with Crippen LogP contribution in [-0.2, 0) is 6.54 Å². The summed E-state index contributed by atoms with van der Waals surface area (Å²) in [5.74, 6) is 0.505. The highest BCUT2D eigenvalue weighted by molar-refractivity contribution is 5.94. The predicted octanol–water partition coefficient (Wildman–Crippen LogP) is 3.33. The minimum atomic E-state index is -0.818.